The number of aliphatic carboxylic acids is 1. The highest BCUT2D eigenvalue weighted by atomic mass is 35.5. The second kappa shape index (κ2) is 6.10. The van der Waals surface area contributed by atoms with E-state index in [-0.39, 0.29) is 6.10 Å². The Morgan fingerprint density at radius 1 is 1.36 bits per heavy atom. The minimum absolute atomic E-state index is 0.212. The van der Waals surface area contributed by atoms with E-state index >= 15 is 0 Å². The molecule has 0 radical (unpaired) electrons. The lowest BCUT2D eigenvalue weighted by Gasteiger charge is -2.14. The van der Waals surface area contributed by atoms with Crippen LogP contribution in [0.25, 0.3) is 11.3 Å². The van der Waals surface area contributed by atoms with Gasteiger partial charge in [0.25, 0.3) is 0 Å². The topological polar surface area (TPSA) is 72.6 Å². The van der Waals surface area contributed by atoms with E-state index in [1.54, 1.807) is 19.2 Å². The minimum atomic E-state index is -0.813. The van der Waals surface area contributed by atoms with Crippen molar-refractivity contribution in [2.75, 3.05) is 7.11 Å². The van der Waals surface area contributed by atoms with Crippen molar-refractivity contribution in [2.45, 2.75) is 25.4 Å². The Morgan fingerprint density at radius 3 is 2.73 bits per heavy atom. The van der Waals surface area contributed by atoms with Gasteiger partial charge in [-0.1, -0.05) is 28.9 Å². The number of methoxy groups -OCH3 is 1. The van der Waals surface area contributed by atoms with Crippen LogP contribution >= 0.6 is 11.6 Å². The maximum atomic E-state index is 11.3. The largest absolute Gasteiger partial charge is 0.481 e. The standard InChI is InChI=1S/C16H16ClNO4/c1-21-12-7-4-10(16(19)20)8-13-14(12)15(18-22-13)9-2-5-11(17)6-3-9/h2-3,5-6,10,12H,4,7-8H2,1H3,(H,19,20)/t10-,12+/m1/s1. The van der Waals surface area contributed by atoms with Gasteiger partial charge in [-0.25, -0.2) is 0 Å². The highest BCUT2D eigenvalue weighted by Crippen LogP contribution is 2.39. The van der Waals surface area contributed by atoms with Crippen molar-refractivity contribution in [2.24, 2.45) is 5.92 Å². The van der Waals surface area contributed by atoms with Crippen molar-refractivity contribution in [1.29, 1.82) is 0 Å². The molecular formula is C16H16ClNO4. The fraction of sp³-hybridized carbons (Fsp3) is 0.375. The number of hydrogen-bond acceptors (Lipinski definition) is 4. The third-order valence-electron chi connectivity index (χ3n) is 4.09. The molecule has 0 saturated carbocycles. The first-order chi connectivity index (χ1) is 10.6. The Bertz CT molecular complexity index is 680. The van der Waals surface area contributed by atoms with Crippen molar-refractivity contribution in [1.82, 2.24) is 5.16 Å². The summed E-state index contributed by atoms with van der Waals surface area (Å²) in [6, 6.07) is 7.31. The third-order valence-corrected chi connectivity index (χ3v) is 4.34. The Hall–Kier alpha value is -1.85. The number of rotatable bonds is 3. The van der Waals surface area contributed by atoms with Crippen LogP contribution in [0.3, 0.4) is 0 Å². The lowest BCUT2D eigenvalue weighted by Crippen LogP contribution is -2.15. The molecule has 1 aliphatic carbocycles. The molecule has 22 heavy (non-hydrogen) atoms. The Labute approximate surface area is 132 Å². The molecule has 3 rings (SSSR count). The van der Waals surface area contributed by atoms with Gasteiger partial charge < -0.3 is 14.4 Å². The number of carboxylic acid groups (broad SMARTS) is 1. The molecule has 5 nitrogen and oxygen atoms in total. The Kier molecular flexibility index (Phi) is 4.18. The van der Waals surface area contributed by atoms with Gasteiger partial charge in [-0.2, -0.15) is 0 Å². The number of nitrogens with zero attached hydrogens (tertiary/aromatic N) is 1. The van der Waals surface area contributed by atoms with E-state index in [4.69, 9.17) is 20.9 Å². The lowest BCUT2D eigenvalue weighted by atomic mass is 10.0. The minimum Gasteiger partial charge on any atom is -0.481 e. The highest BCUT2D eigenvalue weighted by molar-refractivity contribution is 6.30. The van der Waals surface area contributed by atoms with Crippen molar-refractivity contribution >= 4 is 17.6 Å². The summed E-state index contributed by atoms with van der Waals surface area (Å²) in [6.07, 6.45) is 1.31. The molecule has 0 unspecified atom stereocenters. The van der Waals surface area contributed by atoms with E-state index in [1.165, 1.54) is 0 Å². The second-order valence-corrected chi connectivity index (χ2v) is 5.85. The number of hydrogen-bond donors (Lipinski definition) is 1. The molecule has 0 aliphatic heterocycles. The van der Waals surface area contributed by atoms with Gasteiger partial charge >= 0.3 is 5.97 Å². The molecule has 0 fully saturated rings. The molecule has 1 aromatic carbocycles. The summed E-state index contributed by atoms with van der Waals surface area (Å²) in [4.78, 5) is 11.3. The van der Waals surface area contributed by atoms with Crippen LogP contribution in [0.15, 0.2) is 28.8 Å². The molecule has 0 saturated heterocycles. The van der Waals surface area contributed by atoms with Crippen LogP contribution in [0.5, 0.6) is 0 Å². The smallest absolute Gasteiger partial charge is 0.306 e. The molecule has 2 atom stereocenters. The number of aromatic nitrogens is 1. The summed E-state index contributed by atoms with van der Waals surface area (Å²) in [5.74, 6) is -0.682. The first-order valence-corrected chi connectivity index (χ1v) is 7.48. The molecule has 0 bridgehead atoms. The van der Waals surface area contributed by atoms with Crippen molar-refractivity contribution in [3.05, 3.63) is 40.6 Å². The summed E-state index contributed by atoms with van der Waals surface area (Å²) in [6.45, 7) is 0. The van der Waals surface area contributed by atoms with Gasteiger partial charge in [-0.3, -0.25) is 4.79 Å². The molecular weight excluding hydrogens is 306 g/mol. The van der Waals surface area contributed by atoms with Crippen LogP contribution in [0.1, 0.15) is 30.3 Å². The zero-order valence-electron chi connectivity index (χ0n) is 12.1. The maximum Gasteiger partial charge on any atom is 0.306 e. The van der Waals surface area contributed by atoms with E-state index in [2.05, 4.69) is 5.16 Å². The van der Waals surface area contributed by atoms with Crippen molar-refractivity contribution in [3.63, 3.8) is 0 Å². The summed E-state index contributed by atoms with van der Waals surface area (Å²) in [5.41, 5.74) is 2.43. The number of carbonyl (C=O) groups is 1. The number of benzene rings is 1. The van der Waals surface area contributed by atoms with Crippen LogP contribution < -0.4 is 0 Å². The van der Waals surface area contributed by atoms with Gasteiger partial charge in [0.2, 0.25) is 0 Å². The SMILES string of the molecule is CO[C@H]1CC[C@@H](C(=O)O)Cc2onc(-c3ccc(Cl)cc3)c21. The van der Waals surface area contributed by atoms with E-state index in [0.717, 1.165) is 11.1 Å². The molecule has 1 aliphatic rings. The fourth-order valence-corrected chi connectivity index (χ4v) is 3.02. The molecule has 0 amide bonds. The zero-order chi connectivity index (χ0) is 15.7. The first kappa shape index (κ1) is 15.1. The van der Waals surface area contributed by atoms with Gasteiger partial charge in [0.15, 0.2) is 0 Å². The number of ether oxygens (including phenoxy) is 1. The predicted octanol–water partition coefficient (Wildman–Crippen LogP) is 3.72. The normalized spacial score (nSPS) is 21.2. The van der Waals surface area contributed by atoms with Gasteiger partial charge in [0.1, 0.15) is 11.5 Å². The molecule has 1 aromatic heterocycles. The van der Waals surface area contributed by atoms with Gasteiger partial charge in [-0.15, -0.1) is 0 Å². The quantitative estimate of drug-likeness (QED) is 0.872. The average molecular weight is 322 g/mol. The Balaban J connectivity index is 2.05. The van der Waals surface area contributed by atoms with E-state index in [1.807, 2.05) is 12.1 Å². The van der Waals surface area contributed by atoms with Crippen LogP contribution in [-0.2, 0) is 16.0 Å². The van der Waals surface area contributed by atoms with Crippen LogP contribution in [0.2, 0.25) is 5.02 Å². The second-order valence-electron chi connectivity index (χ2n) is 5.42. The molecule has 0 spiro atoms. The van der Waals surface area contributed by atoms with Crippen LogP contribution in [0, 0.1) is 5.92 Å². The van der Waals surface area contributed by atoms with Gasteiger partial charge in [-0.05, 0) is 25.0 Å². The number of halogens is 1. The molecule has 1 heterocycles. The maximum absolute atomic E-state index is 11.3. The van der Waals surface area contributed by atoms with Crippen molar-refractivity contribution in [3.8, 4) is 11.3 Å². The third kappa shape index (κ3) is 2.74. The monoisotopic (exact) mass is 321 g/mol. The fourth-order valence-electron chi connectivity index (χ4n) is 2.90. The summed E-state index contributed by atoms with van der Waals surface area (Å²) < 4.78 is 11.0. The zero-order valence-corrected chi connectivity index (χ0v) is 12.8. The highest BCUT2D eigenvalue weighted by Gasteiger charge is 2.33. The van der Waals surface area contributed by atoms with Crippen LogP contribution in [-0.4, -0.2) is 23.3 Å². The van der Waals surface area contributed by atoms with Gasteiger partial charge in [0.05, 0.1) is 17.6 Å². The summed E-state index contributed by atoms with van der Waals surface area (Å²) in [7, 11) is 1.62. The van der Waals surface area contributed by atoms with Crippen LogP contribution in [0.4, 0.5) is 0 Å². The molecule has 6 heteroatoms. The summed E-state index contributed by atoms with van der Waals surface area (Å²) in [5, 5.41) is 14.1. The predicted molar refractivity (Wildman–Crippen MR) is 80.8 cm³/mol. The number of carboxylic acids is 1. The van der Waals surface area contributed by atoms with E-state index < -0.39 is 11.9 Å². The first-order valence-electron chi connectivity index (χ1n) is 7.10. The van der Waals surface area contributed by atoms with E-state index in [9.17, 15) is 9.90 Å². The summed E-state index contributed by atoms with van der Waals surface area (Å²) >= 11 is 5.92. The molecule has 2 aromatic rings. The molecule has 116 valence electrons. The van der Waals surface area contributed by atoms with Crippen molar-refractivity contribution < 1.29 is 19.2 Å². The lowest BCUT2D eigenvalue weighted by molar-refractivity contribution is -0.142. The Morgan fingerprint density at radius 2 is 2.09 bits per heavy atom. The average Bonchev–Trinajstić information content (AvgIpc) is 2.82. The van der Waals surface area contributed by atoms with E-state index in [0.29, 0.717) is 35.7 Å². The molecule has 1 N–H and O–H groups in total. The number of fused-ring (bicyclic) bond motifs is 1. The van der Waals surface area contributed by atoms with Gasteiger partial charge in [0, 0.05) is 24.1 Å².